The molecule has 26 heavy (non-hydrogen) atoms. The lowest BCUT2D eigenvalue weighted by Gasteiger charge is -2.16. The topological polar surface area (TPSA) is 57.8 Å². The van der Waals surface area contributed by atoms with E-state index in [1.165, 1.54) is 44.9 Å². The summed E-state index contributed by atoms with van der Waals surface area (Å²) in [6.45, 7) is 7.73. The first-order valence-electron chi connectivity index (χ1n) is 10.0. The molecule has 1 heterocycles. The van der Waals surface area contributed by atoms with Crippen LogP contribution in [0.3, 0.4) is 0 Å². The van der Waals surface area contributed by atoms with E-state index in [1.54, 1.807) is 6.92 Å². The van der Waals surface area contributed by atoms with Gasteiger partial charge in [-0.3, -0.25) is 4.79 Å². The minimum absolute atomic E-state index is 0.0910. The lowest BCUT2D eigenvalue weighted by atomic mass is 10.0. The molecule has 2 rings (SSSR count). The summed E-state index contributed by atoms with van der Waals surface area (Å²) < 4.78 is 0. The Morgan fingerprint density at radius 2 is 1.77 bits per heavy atom. The summed E-state index contributed by atoms with van der Waals surface area (Å²) in [6, 6.07) is 7.88. The number of imidazole rings is 1. The van der Waals surface area contributed by atoms with Crippen LogP contribution in [0, 0.1) is 0 Å². The van der Waals surface area contributed by atoms with Crippen LogP contribution in [0.2, 0.25) is 0 Å². The van der Waals surface area contributed by atoms with Gasteiger partial charge in [0.2, 0.25) is 5.91 Å². The monoisotopic (exact) mass is 355 g/mol. The van der Waals surface area contributed by atoms with Crippen LogP contribution in [-0.2, 0) is 4.79 Å². The fraction of sp³-hybridized carbons (Fsp3) is 0.545. The fourth-order valence-electron chi connectivity index (χ4n) is 3.18. The number of para-hydroxylation sites is 2. The number of carbonyl (C=O) groups excluding carboxylic acids is 1. The van der Waals surface area contributed by atoms with Crippen LogP contribution in [0.5, 0.6) is 0 Å². The Morgan fingerprint density at radius 1 is 1.12 bits per heavy atom. The maximum absolute atomic E-state index is 12.1. The van der Waals surface area contributed by atoms with Gasteiger partial charge in [-0.15, -0.1) is 0 Å². The number of benzene rings is 1. The van der Waals surface area contributed by atoms with E-state index in [4.69, 9.17) is 0 Å². The zero-order valence-corrected chi connectivity index (χ0v) is 16.3. The van der Waals surface area contributed by atoms with E-state index >= 15 is 0 Å². The van der Waals surface area contributed by atoms with E-state index in [1.807, 2.05) is 24.3 Å². The van der Waals surface area contributed by atoms with Gasteiger partial charge in [0.25, 0.3) is 0 Å². The van der Waals surface area contributed by atoms with Crippen molar-refractivity contribution in [2.75, 3.05) is 0 Å². The van der Waals surface area contributed by atoms with Crippen LogP contribution in [0.15, 0.2) is 36.4 Å². The normalized spacial score (nSPS) is 12.2. The summed E-state index contributed by atoms with van der Waals surface area (Å²) in [5.41, 5.74) is 2.48. The van der Waals surface area contributed by atoms with Crippen molar-refractivity contribution in [3.8, 4) is 0 Å². The molecule has 4 heteroatoms. The van der Waals surface area contributed by atoms with E-state index in [-0.39, 0.29) is 11.9 Å². The molecule has 1 aromatic heterocycles. The molecule has 1 aromatic carbocycles. The Morgan fingerprint density at radius 3 is 2.42 bits per heavy atom. The first-order chi connectivity index (χ1) is 12.6. The molecule has 0 radical (unpaired) electrons. The van der Waals surface area contributed by atoms with Crippen LogP contribution in [0.1, 0.15) is 83.5 Å². The highest BCUT2D eigenvalue weighted by molar-refractivity contribution is 5.92. The van der Waals surface area contributed by atoms with Crippen molar-refractivity contribution in [2.45, 2.75) is 77.7 Å². The summed E-state index contributed by atoms with van der Waals surface area (Å²) in [5, 5.41) is 3.08. The molecule has 0 aliphatic rings. The Hall–Kier alpha value is -2.10. The van der Waals surface area contributed by atoms with Gasteiger partial charge in [0.05, 0.1) is 17.1 Å². The van der Waals surface area contributed by atoms with Crippen molar-refractivity contribution < 1.29 is 4.79 Å². The number of aromatic nitrogens is 2. The summed E-state index contributed by atoms with van der Waals surface area (Å²) in [6.07, 6.45) is 11.1. The highest BCUT2D eigenvalue weighted by Gasteiger charge is 2.18. The molecule has 1 atom stereocenters. The lowest BCUT2D eigenvalue weighted by Crippen LogP contribution is -2.29. The van der Waals surface area contributed by atoms with Crippen molar-refractivity contribution in [3.05, 3.63) is 42.2 Å². The molecule has 142 valence electrons. The van der Waals surface area contributed by atoms with Crippen molar-refractivity contribution in [3.63, 3.8) is 0 Å². The van der Waals surface area contributed by atoms with Gasteiger partial charge in [0.1, 0.15) is 5.82 Å². The molecule has 0 spiro atoms. The van der Waals surface area contributed by atoms with Crippen LogP contribution >= 0.6 is 0 Å². The Labute approximate surface area is 157 Å². The maximum atomic E-state index is 12.1. The predicted molar refractivity (Wildman–Crippen MR) is 109 cm³/mol. The first kappa shape index (κ1) is 20.2. The molecule has 0 saturated heterocycles. The lowest BCUT2D eigenvalue weighted by molar-refractivity contribution is -0.118. The number of nitrogens with one attached hydrogen (secondary N) is 2. The van der Waals surface area contributed by atoms with Gasteiger partial charge in [-0.2, -0.15) is 0 Å². The Bertz CT molecular complexity index is 671. The van der Waals surface area contributed by atoms with Gasteiger partial charge >= 0.3 is 0 Å². The van der Waals surface area contributed by atoms with E-state index in [9.17, 15) is 4.79 Å². The zero-order valence-electron chi connectivity index (χ0n) is 16.3. The highest BCUT2D eigenvalue weighted by Crippen LogP contribution is 2.22. The van der Waals surface area contributed by atoms with Gasteiger partial charge in [-0.25, -0.2) is 4.98 Å². The molecular formula is C22H33N3O. The molecule has 1 amide bonds. The van der Waals surface area contributed by atoms with Gasteiger partial charge in [-0.1, -0.05) is 77.0 Å². The number of amides is 1. The fourth-order valence-corrected chi connectivity index (χ4v) is 3.18. The number of H-pyrrole nitrogens is 1. The number of fused-ring (bicyclic) bond motifs is 1. The second-order valence-electron chi connectivity index (χ2n) is 7.21. The van der Waals surface area contributed by atoms with Crippen molar-refractivity contribution in [1.82, 2.24) is 15.3 Å². The number of aromatic amines is 1. The maximum Gasteiger partial charge on any atom is 0.246 e. The molecule has 2 N–H and O–H groups in total. The van der Waals surface area contributed by atoms with Gasteiger partial charge in [-0.05, 0) is 25.5 Å². The van der Waals surface area contributed by atoms with E-state index < -0.39 is 0 Å². The van der Waals surface area contributed by atoms with Gasteiger partial charge in [0.15, 0.2) is 0 Å². The van der Waals surface area contributed by atoms with Crippen LogP contribution in [0.4, 0.5) is 0 Å². The standard InChI is InChI=1S/C22H33N3O/c1-4-5-6-7-8-9-10-11-16-20(25-22(26)17(2)3)21-23-18-14-12-13-15-19(18)24-21/h12-15,20H,2,4-11,16H2,1,3H3,(H,23,24)(H,25,26). The van der Waals surface area contributed by atoms with E-state index in [2.05, 4.69) is 28.8 Å². The zero-order chi connectivity index (χ0) is 18.8. The molecular weight excluding hydrogens is 322 g/mol. The van der Waals surface area contributed by atoms with Crippen LogP contribution in [0.25, 0.3) is 11.0 Å². The Kier molecular flexibility index (Phi) is 8.39. The smallest absolute Gasteiger partial charge is 0.246 e. The minimum Gasteiger partial charge on any atom is -0.342 e. The number of carbonyl (C=O) groups is 1. The molecule has 0 saturated carbocycles. The van der Waals surface area contributed by atoms with Gasteiger partial charge in [0, 0.05) is 5.57 Å². The summed E-state index contributed by atoms with van der Waals surface area (Å²) in [4.78, 5) is 20.2. The largest absolute Gasteiger partial charge is 0.342 e. The SMILES string of the molecule is C=C(C)C(=O)NC(CCCCCCCCCC)c1nc2ccccc2[nH]1. The summed E-state index contributed by atoms with van der Waals surface area (Å²) in [7, 11) is 0. The minimum atomic E-state index is -0.102. The molecule has 2 aromatic rings. The van der Waals surface area contributed by atoms with Crippen molar-refractivity contribution in [1.29, 1.82) is 0 Å². The molecule has 0 aliphatic heterocycles. The third kappa shape index (κ3) is 6.32. The summed E-state index contributed by atoms with van der Waals surface area (Å²) in [5.74, 6) is 0.735. The molecule has 0 bridgehead atoms. The molecule has 4 nitrogen and oxygen atoms in total. The molecule has 0 fully saturated rings. The average Bonchev–Trinajstić information content (AvgIpc) is 3.06. The predicted octanol–water partition coefficient (Wildman–Crippen LogP) is 5.83. The summed E-state index contributed by atoms with van der Waals surface area (Å²) >= 11 is 0. The third-order valence-corrected chi connectivity index (χ3v) is 4.78. The van der Waals surface area contributed by atoms with Crippen molar-refractivity contribution >= 4 is 16.9 Å². The molecule has 0 aliphatic carbocycles. The number of hydrogen-bond donors (Lipinski definition) is 2. The van der Waals surface area contributed by atoms with Crippen molar-refractivity contribution in [2.24, 2.45) is 0 Å². The number of nitrogens with zero attached hydrogens (tertiary/aromatic N) is 1. The second kappa shape index (κ2) is 10.8. The van der Waals surface area contributed by atoms with Crippen LogP contribution in [-0.4, -0.2) is 15.9 Å². The number of rotatable bonds is 12. The average molecular weight is 356 g/mol. The number of hydrogen-bond acceptors (Lipinski definition) is 2. The van der Waals surface area contributed by atoms with Gasteiger partial charge < -0.3 is 10.3 Å². The highest BCUT2D eigenvalue weighted by atomic mass is 16.1. The third-order valence-electron chi connectivity index (χ3n) is 4.78. The Balaban J connectivity index is 1.89. The quantitative estimate of drug-likeness (QED) is 0.372. The molecule has 1 unspecified atom stereocenters. The first-order valence-corrected chi connectivity index (χ1v) is 10.0. The van der Waals surface area contributed by atoms with E-state index in [0.29, 0.717) is 5.57 Å². The number of unbranched alkanes of at least 4 members (excludes halogenated alkanes) is 7. The second-order valence-corrected chi connectivity index (χ2v) is 7.21. The van der Waals surface area contributed by atoms with E-state index in [0.717, 1.165) is 29.7 Å². The van der Waals surface area contributed by atoms with Crippen LogP contribution < -0.4 is 5.32 Å².